The van der Waals surface area contributed by atoms with E-state index >= 15 is 0 Å². The van der Waals surface area contributed by atoms with Crippen LogP contribution in [0, 0.1) is 0 Å². The van der Waals surface area contributed by atoms with E-state index in [1.807, 2.05) is 20.8 Å². The van der Waals surface area contributed by atoms with Gasteiger partial charge < -0.3 is 10.4 Å². The lowest BCUT2D eigenvalue weighted by Crippen LogP contribution is -2.36. The summed E-state index contributed by atoms with van der Waals surface area (Å²) in [6.07, 6.45) is -1.20. The van der Waals surface area contributed by atoms with Crippen molar-refractivity contribution in [1.82, 2.24) is 5.32 Å². The van der Waals surface area contributed by atoms with E-state index in [0.29, 0.717) is 0 Å². The number of carboxylic acids is 1. The zero-order chi connectivity index (χ0) is 10.6. The maximum absolute atomic E-state index is 10.3. The minimum absolute atomic E-state index is 0.00655. The van der Waals surface area contributed by atoms with Crippen LogP contribution in [0.2, 0.25) is 0 Å². The average molecular weight is 161 g/mol. The summed E-state index contributed by atoms with van der Waals surface area (Å²) >= 11 is 0. The molecule has 0 aromatic heterocycles. The lowest BCUT2D eigenvalue weighted by atomic mass is 10.1. The SMILES string of the molecule is [2H]C(CC([2H])C(=O)O)NC(C)(C)C. The fourth-order valence-electron chi connectivity index (χ4n) is 0.525. The third kappa shape index (κ3) is 9.43. The molecule has 0 rings (SSSR count). The molecule has 2 atom stereocenters. The third-order valence-electron chi connectivity index (χ3n) is 0.945. The predicted octanol–water partition coefficient (Wildman–Crippen LogP) is 1.24. The highest BCUT2D eigenvalue weighted by molar-refractivity contribution is 5.66. The summed E-state index contributed by atoms with van der Waals surface area (Å²) < 4.78 is 14.6. The van der Waals surface area contributed by atoms with Gasteiger partial charge in [0.15, 0.2) is 0 Å². The second-order valence-electron chi connectivity index (χ2n) is 3.38. The molecular weight excluding hydrogens is 142 g/mol. The molecule has 0 aliphatic carbocycles. The van der Waals surface area contributed by atoms with Crippen molar-refractivity contribution < 1.29 is 12.6 Å². The molecule has 0 aromatic rings. The molecule has 0 saturated heterocycles. The van der Waals surface area contributed by atoms with Crippen LogP contribution < -0.4 is 5.32 Å². The van der Waals surface area contributed by atoms with Crippen LogP contribution >= 0.6 is 0 Å². The number of rotatable bonds is 4. The van der Waals surface area contributed by atoms with Crippen molar-refractivity contribution in [3.8, 4) is 0 Å². The first-order valence-electron chi connectivity index (χ1n) is 4.73. The van der Waals surface area contributed by atoms with Gasteiger partial charge in [-0.15, -0.1) is 0 Å². The van der Waals surface area contributed by atoms with Crippen molar-refractivity contribution in [2.75, 3.05) is 6.52 Å². The van der Waals surface area contributed by atoms with E-state index in [-0.39, 0.29) is 12.0 Å². The highest BCUT2D eigenvalue weighted by Gasteiger charge is 2.07. The molecule has 0 fully saturated rings. The van der Waals surface area contributed by atoms with Gasteiger partial charge in [0, 0.05) is 14.7 Å². The fourth-order valence-corrected chi connectivity index (χ4v) is 0.525. The van der Waals surface area contributed by atoms with Crippen molar-refractivity contribution >= 4 is 5.97 Å². The van der Waals surface area contributed by atoms with Crippen molar-refractivity contribution in [2.45, 2.75) is 39.1 Å². The summed E-state index contributed by atoms with van der Waals surface area (Å²) in [5.74, 6) is -1.17. The summed E-state index contributed by atoms with van der Waals surface area (Å²) in [6, 6.07) is 0. The Labute approximate surface area is 70.6 Å². The highest BCUT2D eigenvalue weighted by Crippen LogP contribution is 1.98. The van der Waals surface area contributed by atoms with E-state index in [1.54, 1.807) is 0 Å². The molecule has 0 amide bonds. The minimum Gasteiger partial charge on any atom is -0.481 e. The Bertz CT molecular complexity index is 179. The van der Waals surface area contributed by atoms with Gasteiger partial charge in [0.05, 0.1) is 0 Å². The van der Waals surface area contributed by atoms with Gasteiger partial charge in [-0.3, -0.25) is 4.79 Å². The summed E-state index contributed by atoms with van der Waals surface area (Å²) in [6.45, 7) is 5.00. The van der Waals surface area contributed by atoms with Gasteiger partial charge in [-0.1, -0.05) is 0 Å². The number of hydrogen-bond acceptors (Lipinski definition) is 2. The molecule has 0 aromatic carbocycles. The van der Waals surface area contributed by atoms with Crippen LogP contribution in [0.25, 0.3) is 0 Å². The zero-order valence-corrected chi connectivity index (χ0v) is 7.22. The lowest BCUT2D eigenvalue weighted by Gasteiger charge is -2.19. The Morgan fingerprint density at radius 3 is 2.55 bits per heavy atom. The van der Waals surface area contributed by atoms with Gasteiger partial charge in [0.2, 0.25) is 0 Å². The molecule has 0 aliphatic rings. The van der Waals surface area contributed by atoms with Crippen LogP contribution in [0.4, 0.5) is 0 Å². The molecule has 3 nitrogen and oxygen atoms in total. The number of carboxylic acid groups (broad SMARTS) is 1. The van der Waals surface area contributed by atoms with Crippen molar-refractivity contribution in [2.24, 2.45) is 0 Å². The van der Waals surface area contributed by atoms with E-state index in [4.69, 9.17) is 7.85 Å². The molecule has 0 heterocycles. The van der Waals surface area contributed by atoms with Gasteiger partial charge in [0.25, 0.3) is 0 Å². The van der Waals surface area contributed by atoms with Gasteiger partial charge >= 0.3 is 5.97 Å². The first-order valence-corrected chi connectivity index (χ1v) is 3.57. The van der Waals surface area contributed by atoms with Crippen LogP contribution in [-0.2, 0) is 4.79 Å². The normalized spacial score (nSPS) is 19.9. The second-order valence-corrected chi connectivity index (χ2v) is 3.38. The highest BCUT2D eigenvalue weighted by atomic mass is 16.4. The molecule has 0 spiro atoms. The average Bonchev–Trinajstić information content (AvgIpc) is 1.81. The second kappa shape index (κ2) is 4.34. The smallest absolute Gasteiger partial charge is 0.303 e. The summed E-state index contributed by atoms with van der Waals surface area (Å²) in [5, 5.41) is 11.3. The molecule has 0 saturated carbocycles. The van der Waals surface area contributed by atoms with Crippen LogP contribution in [0.5, 0.6) is 0 Å². The fraction of sp³-hybridized carbons (Fsp3) is 0.875. The molecule has 2 unspecified atom stereocenters. The predicted molar refractivity (Wildman–Crippen MR) is 44.6 cm³/mol. The van der Waals surface area contributed by atoms with Crippen LogP contribution in [0.1, 0.15) is 36.3 Å². The quantitative estimate of drug-likeness (QED) is 0.652. The molecular formula is C8H17NO2. The van der Waals surface area contributed by atoms with Crippen molar-refractivity contribution in [1.29, 1.82) is 0 Å². The van der Waals surface area contributed by atoms with Gasteiger partial charge in [0.1, 0.15) is 0 Å². The molecule has 0 radical (unpaired) electrons. The molecule has 0 aliphatic heterocycles. The van der Waals surface area contributed by atoms with Gasteiger partial charge in [-0.2, -0.15) is 0 Å². The monoisotopic (exact) mass is 161 g/mol. The topological polar surface area (TPSA) is 49.3 Å². The first-order chi connectivity index (χ1) is 5.72. The summed E-state index contributed by atoms with van der Waals surface area (Å²) in [7, 11) is 0. The van der Waals surface area contributed by atoms with Crippen LogP contribution in [0.15, 0.2) is 0 Å². The third-order valence-corrected chi connectivity index (χ3v) is 0.945. The van der Waals surface area contributed by atoms with E-state index in [2.05, 4.69) is 5.32 Å². The van der Waals surface area contributed by atoms with Gasteiger partial charge in [-0.25, -0.2) is 0 Å². The molecule has 11 heavy (non-hydrogen) atoms. The Balaban J connectivity index is 3.88. The Hall–Kier alpha value is -0.570. The maximum atomic E-state index is 10.3. The number of carbonyl (C=O) groups is 1. The largest absolute Gasteiger partial charge is 0.481 e. The first kappa shape index (κ1) is 7.10. The Kier molecular flexibility index (Phi) is 2.80. The summed E-state index contributed by atoms with van der Waals surface area (Å²) in [5.41, 5.74) is -0.218. The van der Waals surface area contributed by atoms with E-state index in [0.717, 1.165) is 0 Å². The van der Waals surface area contributed by atoms with E-state index in [1.165, 1.54) is 0 Å². The number of aliphatic carboxylic acids is 1. The Morgan fingerprint density at radius 2 is 2.18 bits per heavy atom. The number of hydrogen-bond donors (Lipinski definition) is 2. The van der Waals surface area contributed by atoms with E-state index < -0.39 is 18.9 Å². The van der Waals surface area contributed by atoms with Crippen molar-refractivity contribution in [3.63, 3.8) is 0 Å². The van der Waals surface area contributed by atoms with Crippen LogP contribution in [-0.4, -0.2) is 23.1 Å². The lowest BCUT2D eigenvalue weighted by molar-refractivity contribution is -0.137. The summed E-state index contributed by atoms with van der Waals surface area (Å²) in [4.78, 5) is 10.3. The van der Waals surface area contributed by atoms with Crippen LogP contribution in [0.3, 0.4) is 0 Å². The van der Waals surface area contributed by atoms with E-state index in [9.17, 15) is 4.79 Å². The zero-order valence-electron chi connectivity index (χ0n) is 9.22. The molecule has 2 N–H and O–H groups in total. The minimum atomic E-state index is -1.21. The molecule has 3 heteroatoms. The molecule has 0 bridgehead atoms. The maximum Gasteiger partial charge on any atom is 0.303 e. The number of nitrogens with one attached hydrogen (secondary N) is 1. The molecule has 66 valence electrons. The van der Waals surface area contributed by atoms with Crippen molar-refractivity contribution in [3.05, 3.63) is 0 Å². The van der Waals surface area contributed by atoms with Gasteiger partial charge in [-0.05, 0) is 33.7 Å². The Morgan fingerprint density at radius 1 is 1.64 bits per heavy atom. The standard InChI is InChI=1S/C8H17NO2/c1-8(2,3)9-6-4-5-7(10)11/h9H,4-6H2,1-3H3,(H,10,11)/i5D,6D.